The molecule has 3 aliphatic heterocycles. The summed E-state index contributed by atoms with van der Waals surface area (Å²) in [6, 6.07) is 0. The summed E-state index contributed by atoms with van der Waals surface area (Å²) < 4.78 is 17.8. The van der Waals surface area contributed by atoms with Gasteiger partial charge in [0.25, 0.3) is 5.91 Å². The second kappa shape index (κ2) is 6.00. The van der Waals surface area contributed by atoms with Gasteiger partial charge in [-0.2, -0.15) is 13.5 Å². The van der Waals surface area contributed by atoms with Crippen LogP contribution in [-0.2, 0) is 0 Å². The SMILES string of the molecule is ClP1(Cl)=N[P@](Cl)(N2CCCC2)=N[P@](Cl)(N2CCCC2)=N1. The molecule has 2 fully saturated rings. The molecule has 0 unspecified atom stereocenters. The van der Waals surface area contributed by atoms with Gasteiger partial charge in [-0.3, -0.25) is 0 Å². The van der Waals surface area contributed by atoms with E-state index in [1.807, 2.05) is 0 Å². The van der Waals surface area contributed by atoms with Gasteiger partial charge < -0.3 is 0 Å². The van der Waals surface area contributed by atoms with Crippen LogP contribution in [0.4, 0.5) is 0 Å². The molecule has 0 radical (unpaired) electrons. The van der Waals surface area contributed by atoms with Gasteiger partial charge in [0.1, 0.15) is 0 Å². The Morgan fingerprint density at radius 3 is 1.45 bits per heavy atom. The molecule has 0 amide bonds. The molecule has 5 nitrogen and oxygen atoms in total. The van der Waals surface area contributed by atoms with E-state index in [4.69, 9.17) is 49.5 Å². The molecule has 2 saturated heterocycles. The van der Waals surface area contributed by atoms with Crippen LogP contribution >= 0.6 is 64.3 Å². The number of rotatable bonds is 2. The third kappa shape index (κ3) is 3.32. The predicted molar refractivity (Wildman–Crippen MR) is 93.1 cm³/mol. The maximum atomic E-state index is 6.75. The molecule has 0 aromatic carbocycles. The van der Waals surface area contributed by atoms with Crippen molar-refractivity contribution < 1.29 is 0 Å². The Labute approximate surface area is 138 Å². The van der Waals surface area contributed by atoms with E-state index in [1.54, 1.807) is 0 Å². The molecular weight excluding hydrogens is 401 g/mol. The lowest BCUT2D eigenvalue weighted by Gasteiger charge is -2.33. The smallest absolute Gasteiger partial charge is 0.240 e. The van der Waals surface area contributed by atoms with E-state index in [1.165, 1.54) is 0 Å². The monoisotopic (exact) mass is 415 g/mol. The van der Waals surface area contributed by atoms with Crippen molar-refractivity contribution in [2.24, 2.45) is 13.5 Å². The maximum Gasteiger partial charge on any atom is 0.257 e. The third-order valence-electron chi connectivity index (χ3n) is 3.56. The largest absolute Gasteiger partial charge is 0.257 e. The molecule has 0 aliphatic carbocycles. The van der Waals surface area contributed by atoms with Crippen LogP contribution in [0.5, 0.6) is 0 Å². The maximum absolute atomic E-state index is 6.75. The van der Waals surface area contributed by atoms with E-state index in [9.17, 15) is 0 Å². The van der Waals surface area contributed by atoms with Gasteiger partial charge in [-0.25, -0.2) is 9.34 Å². The summed E-state index contributed by atoms with van der Waals surface area (Å²) in [5.41, 5.74) is 0. The van der Waals surface area contributed by atoms with Gasteiger partial charge in [-0.05, 0) is 70.6 Å². The summed E-state index contributed by atoms with van der Waals surface area (Å²) in [4.78, 5) is 0. The lowest BCUT2D eigenvalue weighted by molar-refractivity contribution is 0.559. The minimum Gasteiger partial charge on any atom is -0.240 e. The van der Waals surface area contributed by atoms with Crippen molar-refractivity contribution in [3.63, 3.8) is 0 Å². The minimum absolute atomic E-state index is 0.884. The molecule has 116 valence electrons. The summed E-state index contributed by atoms with van der Waals surface area (Å²) in [6.45, 7) is -1.63. The van der Waals surface area contributed by atoms with Crippen LogP contribution < -0.4 is 0 Å². The normalized spacial score (nSPS) is 42.0. The minimum atomic E-state index is -2.83. The fourth-order valence-electron chi connectivity index (χ4n) is 2.61. The van der Waals surface area contributed by atoms with Crippen molar-refractivity contribution in [1.82, 2.24) is 9.34 Å². The fraction of sp³-hybridized carbons (Fsp3) is 1.00. The van der Waals surface area contributed by atoms with E-state index in [0.717, 1.165) is 51.9 Å². The van der Waals surface area contributed by atoms with Crippen molar-refractivity contribution in [3.05, 3.63) is 0 Å². The topological polar surface area (TPSA) is 43.6 Å². The first-order valence-corrected chi connectivity index (χ1v) is 15.2. The Balaban J connectivity index is 2.09. The summed E-state index contributed by atoms with van der Waals surface area (Å²) in [5, 5.41) is 0. The van der Waals surface area contributed by atoms with Crippen LogP contribution in [0.25, 0.3) is 0 Å². The lowest BCUT2D eigenvalue weighted by atomic mass is 10.4. The van der Waals surface area contributed by atoms with Crippen molar-refractivity contribution in [2.75, 3.05) is 26.2 Å². The van der Waals surface area contributed by atoms with Gasteiger partial charge in [-0.15, -0.1) is 0 Å². The van der Waals surface area contributed by atoms with Crippen LogP contribution in [-0.4, -0.2) is 35.5 Å². The predicted octanol–water partition coefficient (Wildman–Crippen LogP) is 6.99. The zero-order chi connectivity index (χ0) is 14.4. The van der Waals surface area contributed by atoms with Crippen LogP contribution in [0.2, 0.25) is 0 Å². The standard InChI is InChI=1S/C8H16Cl4N5P3/c9-18(10)13-19(11,16-5-1-2-6-16)15-20(12,14-18)17-7-3-4-8-17/h1-8H2/t19-,20+. The van der Waals surface area contributed by atoms with Gasteiger partial charge in [0.05, 0.1) is 0 Å². The molecule has 20 heavy (non-hydrogen) atoms. The molecule has 0 bridgehead atoms. The number of halogens is 4. The summed E-state index contributed by atoms with van der Waals surface area (Å²) in [5.74, 6) is -2.83. The molecule has 3 aliphatic rings. The molecule has 0 aromatic heterocycles. The van der Waals surface area contributed by atoms with E-state index in [-0.39, 0.29) is 0 Å². The fourth-order valence-corrected chi connectivity index (χ4v) is 20.1. The van der Waals surface area contributed by atoms with E-state index >= 15 is 0 Å². The molecule has 0 spiro atoms. The molecule has 0 saturated carbocycles. The summed E-state index contributed by atoms with van der Waals surface area (Å²) >= 11 is 26.1. The van der Waals surface area contributed by atoms with E-state index < -0.39 is 19.3 Å². The average Bonchev–Trinajstić information content (AvgIpc) is 3.01. The quantitative estimate of drug-likeness (QED) is 0.455. The number of nitrogens with zero attached hydrogens (tertiary/aromatic N) is 5. The summed E-state index contributed by atoms with van der Waals surface area (Å²) in [6.07, 6.45) is 4.41. The first kappa shape index (κ1) is 16.6. The van der Waals surface area contributed by atoms with Crippen molar-refractivity contribution in [1.29, 1.82) is 0 Å². The van der Waals surface area contributed by atoms with E-state index in [2.05, 4.69) is 18.4 Å². The van der Waals surface area contributed by atoms with Crippen LogP contribution in [0, 0.1) is 0 Å². The molecule has 0 aromatic rings. The molecule has 3 rings (SSSR count). The molecule has 0 N–H and O–H groups in total. The Morgan fingerprint density at radius 2 is 1.00 bits per heavy atom. The second-order valence-corrected chi connectivity index (χ2v) is 17.3. The zero-order valence-corrected chi connectivity index (χ0v) is 16.5. The van der Waals surface area contributed by atoms with Gasteiger partial charge in [0.2, 0.25) is 13.4 Å². The first-order chi connectivity index (χ1) is 9.33. The molecule has 12 heteroatoms. The summed E-state index contributed by atoms with van der Waals surface area (Å²) in [7, 11) is 0. The highest BCUT2D eigenvalue weighted by molar-refractivity contribution is 8.17. The molecule has 2 atom stereocenters. The third-order valence-corrected chi connectivity index (χ3v) is 17.3. The number of hydrogen-bond donors (Lipinski definition) is 0. The Bertz CT molecular complexity index is 539. The van der Waals surface area contributed by atoms with Crippen molar-refractivity contribution in [3.8, 4) is 0 Å². The van der Waals surface area contributed by atoms with Crippen molar-refractivity contribution >= 4 is 64.3 Å². The zero-order valence-electron chi connectivity index (χ0n) is 10.7. The van der Waals surface area contributed by atoms with Gasteiger partial charge in [0, 0.05) is 26.2 Å². The van der Waals surface area contributed by atoms with Crippen molar-refractivity contribution in [2.45, 2.75) is 25.7 Å². The lowest BCUT2D eigenvalue weighted by Crippen LogP contribution is -2.15. The van der Waals surface area contributed by atoms with Gasteiger partial charge in [0.15, 0.2) is 0 Å². The highest BCUT2D eigenvalue weighted by Crippen LogP contribution is 2.86. The van der Waals surface area contributed by atoms with Crippen LogP contribution in [0.1, 0.15) is 25.7 Å². The van der Waals surface area contributed by atoms with Crippen LogP contribution in [0.15, 0.2) is 13.5 Å². The Morgan fingerprint density at radius 1 is 0.600 bits per heavy atom. The molecule has 3 heterocycles. The number of hydrogen-bond acceptors (Lipinski definition) is 5. The highest BCUT2D eigenvalue weighted by atomic mass is 35.9. The molecular formula is C8H16Cl4N5P3. The van der Waals surface area contributed by atoms with Crippen LogP contribution in [0.3, 0.4) is 0 Å². The Kier molecular flexibility index (Phi) is 4.99. The first-order valence-electron chi connectivity index (χ1n) is 6.54. The Hall–Kier alpha value is 1.77. The highest BCUT2D eigenvalue weighted by Gasteiger charge is 2.41. The second-order valence-electron chi connectivity index (χ2n) is 5.04. The van der Waals surface area contributed by atoms with E-state index in [0.29, 0.717) is 0 Å². The average molecular weight is 417 g/mol. The van der Waals surface area contributed by atoms with Gasteiger partial charge in [-0.1, -0.05) is 0 Å². The van der Waals surface area contributed by atoms with Gasteiger partial charge >= 0.3 is 0 Å².